The lowest BCUT2D eigenvalue weighted by atomic mass is 9.79. The van der Waals surface area contributed by atoms with E-state index in [1.54, 1.807) is 13.0 Å². The smallest absolute Gasteiger partial charge is 0.126 e. The maximum atomic E-state index is 13.7. The second-order valence-corrected chi connectivity index (χ2v) is 6.54. The molecule has 0 aromatic heterocycles. The van der Waals surface area contributed by atoms with Crippen LogP contribution < -0.4 is 0 Å². The summed E-state index contributed by atoms with van der Waals surface area (Å²) in [6.07, 6.45) is 5.30. The van der Waals surface area contributed by atoms with E-state index in [0.717, 1.165) is 17.0 Å². The molecule has 0 atom stereocenters. The fourth-order valence-electron chi connectivity index (χ4n) is 3.31. The van der Waals surface area contributed by atoms with Gasteiger partial charge in [-0.3, -0.25) is 0 Å². The quantitative estimate of drug-likeness (QED) is 0.624. The van der Waals surface area contributed by atoms with Crippen molar-refractivity contribution < 1.29 is 4.39 Å². The van der Waals surface area contributed by atoms with Crippen molar-refractivity contribution in [2.45, 2.75) is 45.4 Å². The van der Waals surface area contributed by atoms with Crippen molar-refractivity contribution in [2.75, 3.05) is 0 Å². The molecular weight excluding hydrogens is 259 g/mol. The van der Waals surface area contributed by atoms with Crippen LogP contribution in [0.5, 0.6) is 0 Å². The van der Waals surface area contributed by atoms with Crippen LogP contribution in [0.15, 0.2) is 42.5 Å². The molecule has 1 aliphatic rings. The molecule has 2 aromatic carbocycles. The molecule has 0 heterocycles. The van der Waals surface area contributed by atoms with Gasteiger partial charge in [-0.15, -0.1) is 0 Å². The van der Waals surface area contributed by atoms with Crippen molar-refractivity contribution in [1.82, 2.24) is 0 Å². The Morgan fingerprint density at radius 2 is 1.48 bits per heavy atom. The molecule has 1 aliphatic carbocycles. The average molecular weight is 282 g/mol. The lowest BCUT2D eigenvalue weighted by molar-refractivity contribution is 0.348. The van der Waals surface area contributed by atoms with E-state index in [1.165, 1.54) is 31.2 Å². The molecule has 2 aromatic rings. The van der Waals surface area contributed by atoms with E-state index in [-0.39, 0.29) is 5.82 Å². The summed E-state index contributed by atoms with van der Waals surface area (Å²) in [5.41, 5.74) is 4.20. The molecule has 0 spiro atoms. The third kappa shape index (κ3) is 3.18. The second-order valence-electron chi connectivity index (χ2n) is 6.54. The van der Waals surface area contributed by atoms with Crippen LogP contribution in [0, 0.1) is 18.7 Å². The summed E-state index contributed by atoms with van der Waals surface area (Å²) in [7, 11) is 0. The van der Waals surface area contributed by atoms with Crippen LogP contribution in [0.1, 0.15) is 49.7 Å². The van der Waals surface area contributed by atoms with Crippen LogP contribution in [0.2, 0.25) is 0 Å². The van der Waals surface area contributed by atoms with Gasteiger partial charge in [-0.25, -0.2) is 4.39 Å². The van der Waals surface area contributed by atoms with Crippen LogP contribution in [-0.2, 0) is 0 Å². The topological polar surface area (TPSA) is 0 Å². The number of rotatable bonds is 2. The highest BCUT2D eigenvalue weighted by atomic mass is 19.1. The van der Waals surface area contributed by atoms with Crippen molar-refractivity contribution in [1.29, 1.82) is 0 Å². The lowest BCUT2D eigenvalue weighted by Gasteiger charge is -2.26. The summed E-state index contributed by atoms with van der Waals surface area (Å²) >= 11 is 0. The zero-order valence-electron chi connectivity index (χ0n) is 12.9. The Kier molecular flexibility index (Phi) is 4.10. The standard InChI is InChI=1S/C20H23F/c1-14-3-6-16(7-4-14)17-9-11-18(12-10-17)19-8-5-15(2)20(21)13-19/h5,8-14,16H,3-4,6-7H2,1-2H3. The zero-order valence-corrected chi connectivity index (χ0v) is 12.9. The van der Waals surface area contributed by atoms with E-state index in [0.29, 0.717) is 11.5 Å². The Morgan fingerprint density at radius 1 is 0.857 bits per heavy atom. The molecule has 0 nitrogen and oxygen atoms in total. The summed E-state index contributed by atoms with van der Waals surface area (Å²) in [5.74, 6) is 1.47. The van der Waals surface area contributed by atoms with Gasteiger partial charge in [-0.05, 0) is 59.9 Å². The highest BCUT2D eigenvalue weighted by molar-refractivity contribution is 5.64. The summed E-state index contributed by atoms with van der Waals surface area (Å²) in [4.78, 5) is 0. The zero-order chi connectivity index (χ0) is 14.8. The summed E-state index contributed by atoms with van der Waals surface area (Å²) in [6.45, 7) is 4.15. The van der Waals surface area contributed by atoms with Crippen molar-refractivity contribution in [3.05, 3.63) is 59.4 Å². The SMILES string of the molecule is Cc1ccc(-c2ccc(C3CCC(C)CC3)cc2)cc1F. The molecule has 0 unspecified atom stereocenters. The molecule has 0 radical (unpaired) electrons. The molecule has 1 fully saturated rings. The third-order valence-electron chi connectivity index (χ3n) is 4.90. The van der Waals surface area contributed by atoms with Gasteiger partial charge >= 0.3 is 0 Å². The normalized spacial score (nSPS) is 22.2. The number of hydrogen-bond donors (Lipinski definition) is 0. The van der Waals surface area contributed by atoms with Crippen molar-refractivity contribution in [3.8, 4) is 11.1 Å². The van der Waals surface area contributed by atoms with E-state index in [9.17, 15) is 4.39 Å². The summed E-state index contributed by atoms with van der Waals surface area (Å²) in [6, 6.07) is 14.2. The van der Waals surface area contributed by atoms with E-state index >= 15 is 0 Å². The first-order valence-electron chi connectivity index (χ1n) is 8.00. The van der Waals surface area contributed by atoms with E-state index in [1.807, 2.05) is 12.1 Å². The Balaban J connectivity index is 1.79. The molecule has 0 saturated heterocycles. The minimum Gasteiger partial charge on any atom is -0.207 e. The first kappa shape index (κ1) is 14.3. The Hall–Kier alpha value is -1.63. The van der Waals surface area contributed by atoms with Gasteiger partial charge in [0.05, 0.1) is 0 Å². The number of hydrogen-bond acceptors (Lipinski definition) is 0. The van der Waals surface area contributed by atoms with Gasteiger partial charge in [0.25, 0.3) is 0 Å². The first-order chi connectivity index (χ1) is 10.1. The average Bonchev–Trinajstić information content (AvgIpc) is 2.51. The number of halogens is 1. The highest BCUT2D eigenvalue weighted by Crippen LogP contribution is 2.36. The van der Waals surface area contributed by atoms with Gasteiger partial charge in [0.2, 0.25) is 0 Å². The second kappa shape index (κ2) is 6.01. The monoisotopic (exact) mass is 282 g/mol. The maximum Gasteiger partial charge on any atom is 0.126 e. The Morgan fingerprint density at radius 3 is 2.10 bits per heavy atom. The number of benzene rings is 2. The fraction of sp³-hybridized carbons (Fsp3) is 0.400. The van der Waals surface area contributed by atoms with Crippen LogP contribution in [0.25, 0.3) is 11.1 Å². The molecular formula is C20H23F. The van der Waals surface area contributed by atoms with Gasteiger partial charge in [-0.1, -0.05) is 56.2 Å². The van der Waals surface area contributed by atoms with Crippen molar-refractivity contribution in [3.63, 3.8) is 0 Å². The fourth-order valence-corrected chi connectivity index (χ4v) is 3.31. The van der Waals surface area contributed by atoms with E-state index < -0.39 is 0 Å². The Bertz CT molecular complexity index is 604. The molecule has 0 bridgehead atoms. The third-order valence-corrected chi connectivity index (χ3v) is 4.90. The van der Waals surface area contributed by atoms with Gasteiger partial charge in [0.15, 0.2) is 0 Å². The maximum absolute atomic E-state index is 13.7. The molecule has 1 heteroatoms. The predicted octanol–water partition coefficient (Wildman–Crippen LogP) is 6.09. The van der Waals surface area contributed by atoms with Gasteiger partial charge in [0.1, 0.15) is 5.82 Å². The molecule has 0 amide bonds. The summed E-state index contributed by atoms with van der Waals surface area (Å²) in [5, 5.41) is 0. The van der Waals surface area contributed by atoms with Crippen LogP contribution in [0.3, 0.4) is 0 Å². The van der Waals surface area contributed by atoms with Crippen LogP contribution in [-0.4, -0.2) is 0 Å². The molecule has 3 rings (SSSR count). The molecule has 0 aliphatic heterocycles. The highest BCUT2D eigenvalue weighted by Gasteiger charge is 2.19. The minimum absolute atomic E-state index is 0.127. The van der Waals surface area contributed by atoms with Crippen LogP contribution in [0.4, 0.5) is 4.39 Å². The predicted molar refractivity (Wildman–Crippen MR) is 86.9 cm³/mol. The van der Waals surface area contributed by atoms with Gasteiger partial charge in [-0.2, -0.15) is 0 Å². The van der Waals surface area contributed by atoms with Crippen molar-refractivity contribution in [2.24, 2.45) is 5.92 Å². The van der Waals surface area contributed by atoms with Crippen molar-refractivity contribution >= 4 is 0 Å². The Labute approximate surface area is 127 Å². The lowest BCUT2D eigenvalue weighted by Crippen LogP contribution is -2.10. The van der Waals surface area contributed by atoms with Crippen LogP contribution >= 0.6 is 0 Å². The molecule has 110 valence electrons. The van der Waals surface area contributed by atoms with Gasteiger partial charge in [0, 0.05) is 0 Å². The minimum atomic E-state index is -0.127. The number of aryl methyl sites for hydroxylation is 1. The first-order valence-corrected chi connectivity index (χ1v) is 8.00. The van der Waals surface area contributed by atoms with E-state index in [2.05, 4.69) is 31.2 Å². The van der Waals surface area contributed by atoms with E-state index in [4.69, 9.17) is 0 Å². The van der Waals surface area contributed by atoms with Gasteiger partial charge < -0.3 is 0 Å². The largest absolute Gasteiger partial charge is 0.207 e. The molecule has 1 saturated carbocycles. The molecule has 0 N–H and O–H groups in total. The molecule has 21 heavy (non-hydrogen) atoms. The summed E-state index contributed by atoms with van der Waals surface area (Å²) < 4.78 is 13.7.